The summed E-state index contributed by atoms with van der Waals surface area (Å²) in [7, 11) is 0. The highest BCUT2D eigenvalue weighted by Crippen LogP contribution is 2.21. The van der Waals surface area contributed by atoms with Crippen molar-refractivity contribution in [3.05, 3.63) is 102 Å². The first kappa shape index (κ1) is 17.6. The molecule has 1 nitrogen and oxygen atoms in total. The van der Waals surface area contributed by atoms with Crippen molar-refractivity contribution in [1.82, 2.24) is 4.90 Å². The molecule has 0 aromatic heterocycles. The fourth-order valence-electron chi connectivity index (χ4n) is 3.77. The van der Waals surface area contributed by atoms with Crippen LogP contribution in [0.15, 0.2) is 85.1 Å². The van der Waals surface area contributed by atoms with E-state index < -0.39 is 0 Å². The summed E-state index contributed by atoms with van der Waals surface area (Å²) >= 11 is 0. The van der Waals surface area contributed by atoms with Crippen LogP contribution in [0.4, 0.5) is 0 Å². The van der Waals surface area contributed by atoms with E-state index in [1.54, 1.807) is 0 Å². The second kappa shape index (κ2) is 8.73. The molecule has 0 atom stereocenters. The molecule has 0 spiro atoms. The first-order chi connectivity index (χ1) is 13.4. The van der Waals surface area contributed by atoms with E-state index in [9.17, 15) is 0 Å². The van der Waals surface area contributed by atoms with Gasteiger partial charge in [-0.1, -0.05) is 85.3 Å². The highest BCUT2D eigenvalue weighted by molar-refractivity contribution is 5.63. The lowest BCUT2D eigenvalue weighted by Crippen LogP contribution is -2.21. The van der Waals surface area contributed by atoms with E-state index in [1.165, 1.54) is 53.5 Å². The van der Waals surface area contributed by atoms with E-state index in [-0.39, 0.29) is 0 Å². The van der Waals surface area contributed by atoms with Gasteiger partial charge < -0.3 is 4.90 Å². The van der Waals surface area contributed by atoms with Gasteiger partial charge >= 0.3 is 0 Å². The average Bonchev–Trinajstić information content (AvgIpc) is 2.74. The van der Waals surface area contributed by atoms with Crippen LogP contribution < -0.4 is 0 Å². The molecule has 3 aromatic rings. The van der Waals surface area contributed by atoms with Gasteiger partial charge in [-0.3, -0.25) is 0 Å². The maximum absolute atomic E-state index is 2.44. The highest BCUT2D eigenvalue weighted by Gasteiger charge is 2.09. The molecule has 1 aliphatic rings. The zero-order chi connectivity index (χ0) is 18.3. The van der Waals surface area contributed by atoms with Crippen molar-refractivity contribution >= 4 is 6.08 Å². The molecule has 0 N–H and O–H groups in total. The Morgan fingerprint density at radius 2 is 1.41 bits per heavy atom. The van der Waals surface area contributed by atoms with Gasteiger partial charge in [0, 0.05) is 13.1 Å². The maximum atomic E-state index is 2.44. The summed E-state index contributed by atoms with van der Waals surface area (Å²) in [6.07, 6.45) is 9.48. The number of nitrogens with zero attached hydrogens (tertiary/aromatic N) is 1. The lowest BCUT2D eigenvalue weighted by molar-refractivity contribution is 0.354. The Balaban J connectivity index is 1.19. The molecule has 4 rings (SSSR count). The average molecular weight is 354 g/mol. The third kappa shape index (κ3) is 4.68. The van der Waals surface area contributed by atoms with E-state index >= 15 is 0 Å². The van der Waals surface area contributed by atoms with Gasteiger partial charge in [0.1, 0.15) is 0 Å². The Labute approximate surface area is 163 Å². The first-order valence-electron chi connectivity index (χ1n) is 10.0. The van der Waals surface area contributed by atoms with Gasteiger partial charge in [0.25, 0.3) is 0 Å². The van der Waals surface area contributed by atoms with Gasteiger partial charge in [0.2, 0.25) is 0 Å². The fourth-order valence-corrected chi connectivity index (χ4v) is 3.77. The van der Waals surface area contributed by atoms with Crippen LogP contribution in [0.5, 0.6) is 0 Å². The predicted molar refractivity (Wildman–Crippen MR) is 115 cm³/mol. The minimum Gasteiger partial charge on any atom is -0.373 e. The van der Waals surface area contributed by atoms with Gasteiger partial charge in [0.15, 0.2) is 0 Å². The second-order valence-corrected chi connectivity index (χ2v) is 7.36. The molecular weight excluding hydrogens is 326 g/mol. The van der Waals surface area contributed by atoms with Gasteiger partial charge in [0.05, 0.1) is 0 Å². The largest absolute Gasteiger partial charge is 0.373 e. The van der Waals surface area contributed by atoms with Crippen LogP contribution >= 0.6 is 0 Å². The first-order valence-corrected chi connectivity index (χ1v) is 10.0. The zero-order valence-corrected chi connectivity index (χ0v) is 15.9. The quantitative estimate of drug-likeness (QED) is 0.435. The Morgan fingerprint density at radius 1 is 0.667 bits per heavy atom. The van der Waals surface area contributed by atoms with Crippen LogP contribution in [0.3, 0.4) is 0 Å². The normalized spacial score (nSPS) is 12.8. The van der Waals surface area contributed by atoms with Crippen LogP contribution in [0.25, 0.3) is 17.2 Å². The summed E-state index contributed by atoms with van der Waals surface area (Å²) < 4.78 is 0. The van der Waals surface area contributed by atoms with E-state index in [1.807, 2.05) is 0 Å². The molecular formula is C26H27N. The minimum absolute atomic E-state index is 1.05. The van der Waals surface area contributed by atoms with Crippen molar-refractivity contribution < 1.29 is 0 Å². The molecule has 1 heterocycles. The Morgan fingerprint density at radius 3 is 2.26 bits per heavy atom. The number of aryl methyl sites for hydroxylation is 1. The molecule has 3 aromatic carbocycles. The Bertz CT molecular complexity index is 878. The standard InChI is InChI=1S/C26H27N/c1-4-10-23(11-5-1)25-16-14-22(15-17-25)9-3-2-8-19-27-20-18-24-12-6-7-13-26(24)21-27/h1,4-7,10-18,20H,2-3,8-9,19,21H2. The van der Waals surface area contributed by atoms with Crippen LogP contribution in [-0.4, -0.2) is 11.4 Å². The Hall–Kier alpha value is -2.80. The smallest absolute Gasteiger partial charge is 0.0429 e. The molecule has 0 amide bonds. The molecule has 1 aliphatic heterocycles. The van der Waals surface area contributed by atoms with Gasteiger partial charge in [-0.05, 0) is 59.4 Å². The summed E-state index contributed by atoms with van der Waals surface area (Å²) in [4.78, 5) is 2.44. The molecule has 0 saturated heterocycles. The zero-order valence-electron chi connectivity index (χ0n) is 15.9. The van der Waals surface area contributed by atoms with E-state index in [2.05, 4.69) is 96.0 Å². The van der Waals surface area contributed by atoms with Crippen molar-refractivity contribution in [3.8, 4) is 11.1 Å². The molecule has 0 bridgehead atoms. The Kier molecular flexibility index (Phi) is 5.69. The number of hydrogen-bond donors (Lipinski definition) is 0. The highest BCUT2D eigenvalue weighted by atomic mass is 15.1. The predicted octanol–water partition coefficient (Wildman–Crippen LogP) is 6.55. The third-order valence-electron chi connectivity index (χ3n) is 5.37. The maximum Gasteiger partial charge on any atom is 0.0429 e. The number of fused-ring (bicyclic) bond motifs is 1. The molecule has 0 fully saturated rings. The van der Waals surface area contributed by atoms with Crippen molar-refractivity contribution in [1.29, 1.82) is 0 Å². The molecule has 0 radical (unpaired) electrons. The van der Waals surface area contributed by atoms with Crippen molar-refractivity contribution in [2.24, 2.45) is 0 Å². The number of rotatable bonds is 7. The SMILES string of the molecule is C1=CN(CCCCCc2ccc(-c3ccccc3)cc2)Cc2ccccc21. The fraction of sp³-hybridized carbons (Fsp3) is 0.231. The molecule has 0 unspecified atom stereocenters. The monoisotopic (exact) mass is 353 g/mol. The summed E-state index contributed by atoms with van der Waals surface area (Å²) in [5.41, 5.74) is 6.85. The molecule has 0 saturated carbocycles. The van der Waals surface area contributed by atoms with Crippen molar-refractivity contribution in [3.63, 3.8) is 0 Å². The molecule has 27 heavy (non-hydrogen) atoms. The molecule has 0 aliphatic carbocycles. The van der Waals surface area contributed by atoms with Crippen LogP contribution in [0.1, 0.15) is 36.0 Å². The summed E-state index contributed by atoms with van der Waals surface area (Å²) in [5, 5.41) is 0. The van der Waals surface area contributed by atoms with E-state index in [0.29, 0.717) is 0 Å². The van der Waals surface area contributed by atoms with Crippen LogP contribution in [0.2, 0.25) is 0 Å². The van der Waals surface area contributed by atoms with Crippen LogP contribution in [-0.2, 0) is 13.0 Å². The summed E-state index contributed by atoms with van der Waals surface area (Å²) in [6.45, 7) is 2.20. The number of unbranched alkanes of at least 4 members (excludes halogenated alkanes) is 2. The van der Waals surface area contributed by atoms with Gasteiger partial charge in [-0.15, -0.1) is 0 Å². The van der Waals surface area contributed by atoms with Crippen molar-refractivity contribution in [2.75, 3.05) is 6.54 Å². The van der Waals surface area contributed by atoms with Crippen molar-refractivity contribution in [2.45, 2.75) is 32.2 Å². The third-order valence-corrected chi connectivity index (χ3v) is 5.37. The van der Waals surface area contributed by atoms with Gasteiger partial charge in [-0.2, -0.15) is 0 Å². The summed E-state index contributed by atoms with van der Waals surface area (Å²) in [6, 6.07) is 28.4. The minimum atomic E-state index is 1.05. The molecule has 1 heteroatoms. The molecule has 136 valence electrons. The summed E-state index contributed by atoms with van der Waals surface area (Å²) in [5.74, 6) is 0. The number of hydrogen-bond acceptors (Lipinski definition) is 1. The second-order valence-electron chi connectivity index (χ2n) is 7.36. The topological polar surface area (TPSA) is 3.24 Å². The van der Waals surface area contributed by atoms with E-state index in [4.69, 9.17) is 0 Å². The number of benzene rings is 3. The lowest BCUT2D eigenvalue weighted by atomic mass is 10.0. The van der Waals surface area contributed by atoms with E-state index in [0.717, 1.165) is 13.1 Å². The van der Waals surface area contributed by atoms with Gasteiger partial charge in [-0.25, -0.2) is 0 Å². The van der Waals surface area contributed by atoms with Crippen LogP contribution in [0, 0.1) is 0 Å². The lowest BCUT2D eigenvalue weighted by Gasteiger charge is -2.25.